The quantitative estimate of drug-likeness (QED) is 0.747. The molecule has 0 saturated heterocycles. The van der Waals surface area contributed by atoms with Gasteiger partial charge < -0.3 is 10.4 Å². The van der Waals surface area contributed by atoms with Gasteiger partial charge in [-0.2, -0.15) is 0 Å². The van der Waals surface area contributed by atoms with E-state index in [1.165, 1.54) is 12.1 Å². The number of anilines is 1. The molecule has 1 fully saturated rings. The average Bonchev–Trinajstić information content (AvgIpc) is 3.12. The van der Waals surface area contributed by atoms with Crippen LogP contribution in [0.5, 0.6) is 0 Å². The number of hydrogen-bond acceptors (Lipinski definition) is 4. The van der Waals surface area contributed by atoms with E-state index in [1.54, 1.807) is 0 Å². The molecule has 114 valence electrons. The number of amides is 1. The zero-order chi connectivity index (χ0) is 15.3. The summed E-state index contributed by atoms with van der Waals surface area (Å²) in [6.07, 6.45) is 1.76. The van der Waals surface area contributed by atoms with Crippen molar-refractivity contribution in [1.29, 1.82) is 0 Å². The number of sulfonamides is 1. The predicted molar refractivity (Wildman–Crippen MR) is 77.7 cm³/mol. The fourth-order valence-electron chi connectivity index (χ4n) is 2.32. The van der Waals surface area contributed by atoms with Crippen molar-refractivity contribution in [2.24, 2.45) is 5.41 Å². The molecule has 1 heterocycles. The van der Waals surface area contributed by atoms with E-state index in [2.05, 4.69) is 10.0 Å². The maximum atomic E-state index is 12.3. The molecule has 1 amide bonds. The second-order valence-electron chi connectivity index (χ2n) is 5.65. The van der Waals surface area contributed by atoms with Crippen molar-refractivity contribution in [2.75, 3.05) is 18.5 Å². The Labute approximate surface area is 127 Å². The summed E-state index contributed by atoms with van der Waals surface area (Å²) in [5, 5.41) is 11.9. The van der Waals surface area contributed by atoms with Crippen molar-refractivity contribution in [3.8, 4) is 0 Å². The second kappa shape index (κ2) is 4.95. The van der Waals surface area contributed by atoms with Gasteiger partial charge in [-0.1, -0.05) is 11.6 Å². The summed E-state index contributed by atoms with van der Waals surface area (Å²) < 4.78 is 27.2. The standard InChI is InChI=1S/C13H15ClN2O4S/c14-9-5-10-8(4-12(18)16-10)3-11(9)21(19,20)15-6-13(7-17)1-2-13/h3,5,15,17H,1-2,4,6-7H2,(H,16,18). The number of aliphatic hydroxyl groups excluding tert-OH is 1. The van der Waals surface area contributed by atoms with Crippen LogP contribution in [0.25, 0.3) is 0 Å². The molecule has 0 aromatic heterocycles. The first-order chi connectivity index (χ1) is 9.85. The first-order valence-electron chi connectivity index (χ1n) is 6.58. The molecule has 3 N–H and O–H groups in total. The van der Waals surface area contributed by atoms with Crippen LogP contribution in [0.15, 0.2) is 17.0 Å². The summed E-state index contributed by atoms with van der Waals surface area (Å²) in [6.45, 7) is 0.155. The van der Waals surface area contributed by atoms with E-state index >= 15 is 0 Å². The molecular formula is C13H15ClN2O4S. The van der Waals surface area contributed by atoms with Crippen LogP contribution in [0.1, 0.15) is 18.4 Å². The van der Waals surface area contributed by atoms with E-state index in [4.69, 9.17) is 11.6 Å². The molecule has 0 radical (unpaired) electrons. The Bertz CT molecular complexity index is 713. The molecule has 1 aromatic carbocycles. The summed E-state index contributed by atoms with van der Waals surface area (Å²) in [6, 6.07) is 2.88. The van der Waals surface area contributed by atoms with Crippen LogP contribution < -0.4 is 10.0 Å². The van der Waals surface area contributed by atoms with Gasteiger partial charge in [0.25, 0.3) is 0 Å². The Balaban J connectivity index is 1.86. The third kappa shape index (κ3) is 2.78. The highest BCUT2D eigenvalue weighted by Gasteiger charge is 2.42. The van der Waals surface area contributed by atoms with Crippen LogP contribution in [-0.2, 0) is 21.2 Å². The van der Waals surface area contributed by atoms with Crippen molar-refractivity contribution in [1.82, 2.24) is 4.72 Å². The molecule has 0 unspecified atom stereocenters. The Morgan fingerprint density at radius 1 is 1.38 bits per heavy atom. The molecule has 1 aliphatic carbocycles. The fraction of sp³-hybridized carbons (Fsp3) is 0.462. The minimum Gasteiger partial charge on any atom is -0.396 e. The van der Waals surface area contributed by atoms with Gasteiger partial charge in [0.05, 0.1) is 11.4 Å². The zero-order valence-electron chi connectivity index (χ0n) is 11.1. The topological polar surface area (TPSA) is 95.5 Å². The van der Waals surface area contributed by atoms with Crippen molar-refractivity contribution in [3.63, 3.8) is 0 Å². The molecule has 0 spiro atoms. The number of aliphatic hydroxyl groups is 1. The van der Waals surface area contributed by atoms with Crippen LogP contribution in [-0.4, -0.2) is 32.6 Å². The summed E-state index contributed by atoms with van der Waals surface area (Å²) in [7, 11) is -3.77. The number of carbonyl (C=O) groups is 1. The molecular weight excluding hydrogens is 316 g/mol. The largest absolute Gasteiger partial charge is 0.396 e. The lowest BCUT2D eigenvalue weighted by Gasteiger charge is -2.14. The normalized spacial score (nSPS) is 19.2. The average molecular weight is 331 g/mol. The Hall–Kier alpha value is -1.15. The fourth-order valence-corrected chi connectivity index (χ4v) is 4.06. The summed E-state index contributed by atoms with van der Waals surface area (Å²) in [4.78, 5) is 11.3. The SMILES string of the molecule is O=C1Cc2cc(S(=O)(=O)NCC3(CO)CC3)c(Cl)cc2N1. The molecule has 2 aliphatic rings. The summed E-state index contributed by atoms with van der Waals surface area (Å²) in [5.74, 6) is -0.180. The van der Waals surface area contributed by atoms with Gasteiger partial charge in [-0.25, -0.2) is 13.1 Å². The van der Waals surface area contributed by atoms with E-state index in [-0.39, 0.29) is 40.8 Å². The van der Waals surface area contributed by atoms with Gasteiger partial charge in [-0.3, -0.25) is 4.79 Å². The highest BCUT2D eigenvalue weighted by Crippen LogP contribution is 2.44. The highest BCUT2D eigenvalue weighted by molar-refractivity contribution is 7.89. The number of hydrogen-bond donors (Lipinski definition) is 3. The predicted octanol–water partition coefficient (Wildman–Crippen LogP) is 0.885. The highest BCUT2D eigenvalue weighted by atomic mass is 35.5. The van der Waals surface area contributed by atoms with Crippen LogP contribution in [0, 0.1) is 5.41 Å². The molecule has 1 aliphatic heterocycles. The van der Waals surface area contributed by atoms with Crippen molar-refractivity contribution in [3.05, 3.63) is 22.7 Å². The first kappa shape index (κ1) is 14.8. The first-order valence-corrected chi connectivity index (χ1v) is 8.44. The van der Waals surface area contributed by atoms with Crippen molar-refractivity contribution >= 4 is 33.2 Å². The molecule has 0 atom stereocenters. The van der Waals surface area contributed by atoms with Crippen LogP contribution in [0.4, 0.5) is 5.69 Å². The number of nitrogens with one attached hydrogen (secondary N) is 2. The Kier molecular flexibility index (Phi) is 3.48. The lowest BCUT2D eigenvalue weighted by Crippen LogP contribution is -2.32. The minimum atomic E-state index is -3.77. The van der Waals surface area contributed by atoms with Crippen molar-refractivity contribution in [2.45, 2.75) is 24.2 Å². The van der Waals surface area contributed by atoms with E-state index < -0.39 is 10.0 Å². The molecule has 8 heteroatoms. The van der Waals surface area contributed by atoms with Gasteiger partial charge in [0.2, 0.25) is 15.9 Å². The monoisotopic (exact) mass is 330 g/mol. The van der Waals surface area contributed by atoms with Crippen molar-refractivity contribution < 1.29 is 18.3 Å². The number of carbonyl (C=O) groups excluding carboxylic acids is 1. The van der Waals surface area contributed by atoms with Gasteiger partial charge >= 0.3 is 0 Å². The van der Waals surface area contributed by atoms with Crippen LogP contribution in [0.2, 0.25) is 5.02 Å². The van der Waals surface area contributed by atoms with Crippen LogP contribution in [0.3, 0.4) is 0 Å². The summed E-state index contributed by atoms with van der Waals surface area (Å²) >= 11 is 6.02. The Morgan fingerprint density at radius 3 is 2.71 bits per heavy atom. The second-order valence-corrected chi connectivity index (χ2v) is 7.79. The number of fused-ring (bicyclic) bond motifs is 1. The molecule has 3 rings (SSSR count). The number of halogens is 1. The minimum absolute atomic E-state index is 0.0341. The molecule has 1 aromatic rings. The van der Waals surface area contributed by atoms with E-state index in [9.17, 15) is 18.3 Å². The van der Waals surface area contributed by atoms with Crippen LogP contribution >= 0.6 is 11.6 Å². The van der Waals surface area contributed by atoms with Gasteiger partial charge in [0.15, 0.2) is 0 Å². The third-order valence-corrected chi connectivity index (χ3v) is 5.87. The van der Waals surface area contributed by atoms with Gasteiger partial charge in [-0.15, -0.1) is 0 Å². The maximum Gasteiger partial charge on any atom is 0.242 e. The maximum absolute atomic E-state index is 12.3. The lowest BCUT2D eigenvalue weighted by molar-refractivity contribution is -0.115. The number of rotatable bonds is 5. The van der Waals surface area contributed by atoms with Gasteiger partial charge in [-0.05, 0) is 30.5 Å². The summed E-state index contributed by atoms with van der Waals surface area (Å²) in [5.41, 5.74) is 0.847. The lowest BCUT2D eigenvalue weighted by atomic mass is 10.1. The van der Waals surface area contributed by atoms with Gasteiger partial charge in [0, 0.05) is 24.3 Å². The third-order valence-electron chi connectivity index (χ3n) is 4.00. The smallest absolute Gasteiger partial charge is 0.242 e. The van der Waals surface area contributed by atoms with E-state index in [0.717, 1.165) is 12.8 Å². The Morgan fingerprint density at radius 2 is 2.10 bits per heavy atom. The number of benzene rings is 1. The molecule has 0 bridgehead atoms. The molecule has 21 heavy (non-hydrogen) atoms. The molecule has 6 nitrogen and oxygen atoms in total. The van der Waals surface area contributed by atoms with Gasteiger partial charge in [0.1, 0.15) is 4.90 Å². The van der Waals surface area contributed by atoms with E-state index in [1.807, 2.05) is 0 Å². The van der Waals surface area contributed by atoms with E-state index in [0.29, 0.717) is 11.3 Å². The molecule has 1 saturated carbocycles. The zero-order valence-corrected chi connectivity index (χ0v) is 12.7.